The van der Waals surface area contributed by atoms with E-state index in [1.54, 1.807) is 7.11 Å². The lowest BCUT2D eigenvalue weighted by Crippen LogP contribution is -2.17. The van der Waals surface area contributed by atoms with E-state index in [0.717, 1.165) is 50.0 Å². The minimum atomic E-state index is 0.456. The molecule has 0 spiro atoms. The van der Waals surface area contributed by atoms with Gasteiger partial charge in [-0.1, -0.05) is 13.8 Å². The van der Waals surface area contributed by atoms with Gasteiger partial charge in [-0.2, -0.15) is 0 Å². The third-order valence-electron chi connectivity index (χ3n) is 2.69. The fourth-order valence-electron chi connectivity index (χ4n) is 1.82. The highest BCUT2D eigenvalue weighted by Crippen LogP contribution is 2.13. The maximum absolute atomic E-state index is 5.13. The molecule has 0 bridgehead atoms. The summed E-state index contributed by atoms with van der Waals surface area (Å²) in [6.45, 7) is 8.81. The van der Waals surface area contributed by atoms with Crippen molar-refractivity contribution in [2.24, 2.45) is 5.92 Å². The number of ether oxygens (including phenoxy) is 1. The molecular weight excluding hydrogens is 240 g/mol. The van der Waals surface area contributed by atoms with Gasteiger partial charge >= 0.3 is 0 Å². The Kier molecular flexibility index (Phi) is 7.18. The maximum Gasteiger partial charge on any atom is 0.133 e. The van der Waals surface area contributed by atoms with Crippen molar-refractivity contribution in [2.45, 2.75) is 33.6 Å². The highest BCUT2D eigenvalue weighted by Gasteiger charge is 2.06. The molecule has 19 heavy (non-hydrogen) atoms. The molecule has 0 aliphatic heterocycles. The molecule has 1 aromatic rings. The number of anilines is 2. The Balaban J connectivity index is 2.69. The van der Waals surface area contributed by atoms with E-state index in [0.29, 0.717) is 5.92 Å². The summed E-state index contributed by atoms with van der Waals surface area (Å²) in [4.78, 5) is 9.02. The van der Waals surface area contributed by atoms with Gasteiger partial charge in [0.2, 0.25) is 0 Å². The Hall–Kier alpha value is -1.36. The number of hydrogen-bond donors (Lipinski definition) is 2. The van der Waals surface area contributed by atoms with E-state index in [2.05, 4.69) is 41.4 Å². The van der Waals surface area contributed by atoms with Gasteiger partial charge in [0.15, 0.2) is 0 Å². The lowest BCUT2D eigenvalue weighted by Gasteiger charge is -2.14. The van der Waals surface area contributed by atoms with Gasteiger partial charge in [-0.15, -0.1) is 0 Å². The van der Waals surface area contributed by atoms with Crippen molar-refractivity contribution in [2.75, 3.05) is 37.4 Å². The van der Waals surface area contributed by atoms with Crippen LogP contribution in [0.1, 0.15) is 33.0 Å². The van der Waals surface area contributed by atoms with Crippen molar-refractivity contribution in [3.05, 3.63) is 11.9 Å². The van der Waals surface area contributed by atoms with Crippen LogP contribution in [0.3, 0.4) is 0 Å². The number of hydrogen-bond acceptors (Lipinski definition) is 5. The standard InChI is InChI=1S/C14H26N4O/c1-5-7-12-17-13(15-6-2)8-14(18-12)16-9-11(3)10-19-4/h8,11H,5-7,9-10H2,1-4H3,(H2,15,16,17,18). The second kappa shape index (κ2) is 8.69. The van der Waals surface area contributed by atoms with Crippen LogP contribution >= 0.6 is 0 Å². The minimum absolute atomic E-state index is 0.456. The van der Waals surface area contributed by atoms with E-state index in [1.165, 1.54) is 0 Å². The van der Waals surface area contributed by atoms with Crippen LogP contribution in [0.2, 0.25) is 0 Å². The second-order valence-corrected chi connectivity index (χ2v) is 4.78. The van der Waals surface area contributed by atoms with Crippen molar-refractivity contribution in [1.82, 2.24) is 9.97 Å². The molecule has 0 amide bonds. The summed E-state index contributed by atoms with van der Waals surface area (Å²) in [5.74, 6) is 3.13. The molecule has 1 unspecified atom stereocenters. The third kappa shape index (κ3) is 5.87. The molecule has 0 aromatic carbocycles. The first-order chi connectivity index (χ1) is 9.19. The van der Waals surface area contributed by atoms with E-state index >= 15 is 0 Å². The highest BCUT2D eigenvalue weighted by molar-refractivity contribution is 5.47. The molecular formula is C14H26N4O. The zero-order chi connectivity index (χ0) is 14.1. The Labute approximate surface area is 116 Å². The number of nitrogens with zero attached hydrogens (tertiary/aromatic N) is 2. The maximum atomic E-state index is 5.13. The van der Waals surface area contributed by atoms with Crippen LogP contribution in [0.15, 0.2) is 6.07 Å². The zero-order valence-corrected chi connectivity index (χ0v) is 12.5. The molecule has 2 N–H and O–H groups in total. The first-order valence-electron chi connectivity index (χ1n) is 7.04. The van der Waals surface area contributed by atoms with Crippen LogP contribution in [0.25, 0.3) is 0 Å². The van der Waals surface area contributed by atoms with Gasteiger partial charge in [-0.3, -0.25) is 0 Å². The first-order valence-corrected chi connectivity index (χ1v) is 7.04. The molecule has 1 aromatic heterocycles. The van der Waals surface area contributed by atoms with Crippen molar-refractivity contribution >= 4 is 11.6 Å². The van der Waals surface area contributed by atoms with Crippen LogP contribution in [-0.2, 0) is 11.2 Å². The average Bonchev–Trinajstić information content (AvgIpc) is 2.37. The summed E-state index contributed by atoms with van der Waals surface area (Å²) in [6, 6.07) is 1.96. The van der Waals surface area contributed by atoms with Crippen LogP contribution in [0.5, 0.6) is 0 Å². The summed E-state index contributed by atoms with van der Waals surface area (Å²) >= 11 is 0. The van der Waals surface area contributed by atoms with Gasteiger partial charge in [0.25, 0.3) is 0 Å². The lowest BCUT2D eigenvalue weighted by atomic mass is 10.2. The van der Waals surface area contributed by atoms with Gasteiger partial charge in [-0.05, 0) is 19.3 Å². The molecule has 1 atom stereocenters. The van der Waals surface area contributed by atoms with Crippen LogP contribution in [-0.4, -0.2) is 36.8 Å². The number of aryl methyl sites for hydroxylation is 1. The second-order valence-electron chi connectivity index (χ2n) is 4.78. The van der Waals surface area contributed by atoms with E-state index in [1.807, 2.05) is 6.07 Å². The molecule has 5 heteroatoms. The molecule has 0 saturated heterocycles. The summed E-state index contributed by atoms with van der Waals surface area (Å²) in [7, 11) is 1.73. The van der Waals surface area contributed by atoms with Crippen molar-refractivity contribution in [3.63, 3.8) is 0 Å². The molecule has 5 nitrogen and oxygen atoms in total. The van der Waals surface area contributed by atoms with Gasteiger partial charge < -0.3 is 15.4 Å². The monoisotopic (exact) mass is 266 g/mol. The molecule has 0 radical (unpaired) electrons. The van der Waals surface area contributed by atoms with Gasteiger partial charge in [0.1, 0.15) is 17.5 Å². The fraction of sp³-hybridized carbons (Fsp3) is 0.714. The smallest absolute Gasteiger partial charge is 0.133 e. The predicted octanol–water partition coefficient (Wildman–Crippen LogP) is 2.56. The Morgan fingerprint density at radius 2 is 1.89 bits per heavy atom. The molecule has 0 fully saturated rings. The lowest BCUT2D eigenvalue weighted by molar-refractivity contribution is 0.164. The molecule has 0 saturated carbocycles. The van der Waals surface area contributed by atoms with Crippen LogP contribution in [0, 0.1) is 5.92 Å². The molecule has 1 heterocycles. The fourth-order valence-corrected chi connectivity index (χ4v) is 1.82. The summed E-state index contributed by atoms with van der Waals surface area (Å²) < 4.78 is 5.13. The minimum Gasteiger partial charge on any atom is -0.384 e. The molecule has 108 valence electrons. The predicted molar refractivity (Wildman–Crippen MR) is 79.7 cm³/mol. The number of nitrogens with one attached hydrogen (secondary N) is 2. The van der Waals surface area contributed by atoms with Crippen molar-refractivity contribution in [1.29, 1.82) is 0 Å². The van der Waals surface area contributed by atoms with Crippen LogP contribution < -0.4 is 10.6 Å². The Bertz CT molecular complexity index is 346. The normalized spacial score (nSPS) is 12.2. The van der Waals surface area contributed by atoms with Crippen molar-refractivity contribution < 1.29 is 4.74 Å². The van der Waals surface area contributed by atoms with E-state index in [4.69, 9.17) is 4.74 Å². The van der Waals surface area contributed by atoms with E-state index in [-0.39, 0.29) is 0 Å². The molecule has 0 aliphatic carbocycles. The SMILES string of the molecule is CCCc1nc(NCC)cc(NCC(C)COC)n1. The Morgan fingerprint density at radius 3 is 2.47 bits per heavy atom. The van der Waals surface area contributed by atoms with Gasteiger partial charge in [0, 0.05) is 32.7 Å². The zero-order valence-electron chi connectivity index (χ0n) is 12.5. The van der Waals surface area contributed by atoms with Gasteiger partial charge in [-0.25, -0.2) is 9.97 Å². The topological polar surface area (TPSA) is 59.1 Å². The van der Waals surface area contributed by atoms with Crippen molar-refractivity contribution in [3.8, 4) is 0 Å². The van der Waals surface area contributed by atoms with Crippen LogP contribution in [0.4, 0.5) is 11.6 Å². The first kappa shape index (κ1) is 15.7. The summed E-state index contributed by atoms with van der Waals surface area (Å²) in [5.41, 5.74) is 0. The van der Waals surface area contributed by atoms with E-state index < -0.39 is 0 Å². The van der Waals surface area contributed by atoms with E-state index in [9.17, 15) is 0 Å². The summed E-state index contributed by atoms with van der Waals surface area (Å²) in [6.07, 6.45) is 1.95. The summed E-state index contributed by atoms with van der Waals surface area (Å²) in [5, 5.41) is 6.60. The molecule has 1 rings (SSSR count). The third-order valence-corrected chi connectivity index (χ3v) is 2.69. The van der Waals surface area contributed by atoms with Gasteiger partial charge in [0.05, 0.1) is 6.61 Å². The molecule has 0 aliphatic rings. The number of aromatic nitrogens is 2. The highest BCUT2D eigenvalue weighted by atomic mass is 16.5. The number of methoxy groups -OCH3 is 1. The largest absolute Gasteiger partial charge is 0.384 e. The average molecular weight is 266 g/mol. The quantitative estimate of drug-likeness (QED) is 0.719. The Morgan fingerprint density at radius 1 is 1.21 bits per heavy atom. The number of rotatable bonds is 9.